The van der Waals surface area contributed by atoms with Crippen molar-refractivity contribution in [2.75, 3.05) is 6.61 Å². The fourth-order valence-electron chi connectivity index (χ4n) is 15.4. The van der Waals surface area contributed by atoms with E-state index in [1.165, 1.54) is 0 Å². The van der Waals surface area contributed by atoms with E-state index in [1.54, 1.807) is 24.8 Å². The van der Waals surface area contributed by atoms with Crippen molar-refractivity contribution in [1.82, 2.24) is 9.97 Å². The summed E-state index contributed by atoms with van der Waals surface area (Å²) in [6, 6.07) is 135. The first-order valence-electron chi connectivity index (χ1n) is 47.4. The van der Waals surface area contributed by atoms with Gasteiger partial charge in [-0.25, -0.2) is 0 Å². The summed E-state index contributed by atoms with van der Waals surface area (Å²) in [7, 11) is 0. The third kappa shape index (κ3) is 31.0. The van der Waals surface area contributed by atoms with Crippen LogP contribution in [0.1, 0.15) is 106 Å². The largest absolute Gasteiger partial charge is 0.493 e. The second kappa shape index (κ2) is 50.3. The van der Waals surface area contributed by atoms with Crippen molar-refractivity contribution in [3.8, 4) is 110 Å². The Bertz CT molecular complexity index is 6260. The first kappa shape index (κ1) is 95.3. The van der Waals surface area contributed by atoms with Crippen molar-refractivity contribution in [3.63, 3.8) is 0 Å². The molecule has 0 saturated carbocycles. The number of ether oxygens (including phenoxy) is 15. The van der Waals surface area contributed by atoms with E-state index in [2.05, 4.69) is 33.6 Å². The van der Waals surface area contributed by atoms with E-state index in [0.717, 1.165) is 106 Å². The average Bonchev–Trinajstić information content (AvgIpc) is 0.845. The molecule has 18 rings (SSSR count). The smallest absolute Gasteiger partial charge is 0.123 e. The van der Waals surface area contributed by atoms with Crippen LogP contribution in [-0.2, 0) is 98.9 Å². The SMILES string of the molecule is C(#Cc1cc(C#Cc2ccncc2)cc(OCCc2cc(OCc3cc(OCc4cc(OCc5ccccc5)cc(OCc5ccccc5)c4)cc(OCc4cc(OCc5ccccc5)cc(OCc5ccccc5)c4)c3)cc(OCc3cc(OCc4cc(OCc5ccccc5)cc(OCc5ccccc5)c4)cc(OCc4cc(OCc5ccccc5)cc(OCc5ccccc5)c4)c3)c2)c1)c1ccncc1. The van der Waals surface area contributed by atoms with Crippen molar-refractivity contribution in [2.45, 2.75) is 98.9 Å². The highest BCUT2D eigenvalue weighted by Gasteiger charge is 2.18. The number of benzene rings is 16. The summed E-state index contributed by atoms with van der Waals surface area (Å²) in [5.74, 6) is 21.9. The van der Waals surface area contributed by atoms with Crippen LogP contribution in [-0.4, -0.2) is 16.6 Å². The highest BCUT2D eigenvalue weighted by atomic mass is 16.5. The molecule has 0 spiro atoms. The van der Waals surface area contributed by atoms with Gasteiger partial charge in [0.1, 0.15) is 179 Å². The second-order valence-corrected chi connectivity index (χ2v) is 33.9. The summed E-state index contributed by atoms with van der Waals surface area (Å²) in [6.07, 6.45) is 7.30. The van der Waals surface area contributed by atoms with Crippen LogP contribution in [0.4, 0.5) is 0 Å². The zero-order chi connectivity index (χ0) is 96.7. The minimum atomic E-state index is 0.0512. The number of nitrogens with zero attached hydrogens (tertiary/aromatic N) is 2. The quantitative estimate of drug-likeness (QED) is 0.0331. The molecule has 17 heteroatoms. The molecule has 0 aliphatic rings. The van der Waals surface area contributed by atoms with E-state index in [4.69, 9.17) is 71.1 Å². The van der Waals surface area contributed by atoms with Gasteiger partial charge in [-0.3, -0.25) is 9.97 Å². The number of rotatable bonds is 46. The third-order valence-corrected chi connectivity index (χ3v) is 22.6. The Labute approximate surface area is 834 Å². The van der Waals surface area contributed by atoms with Gasteiger partial charge in [0, 0.05) is 95.9 Å². The molecular formula is C126H104N2O15. The number of aromatic nitrogens is 2. The van der Waals surface area contributed by atoms with Crippen molar-refractivity contribution in [3.05, 3.63) is 543 Å². The van der Waals surface area contributed by atoms with Crippen LogP contribution in [0.15, 0.2) is 437 Å². The molecular weight excluding hydrogens is 1780 g/mol. The Kier molecular flexibility index (Phi) is 33.5. The van der Waals surface area contributed by atoms with Crippen LogP contribution in [0.25, 0.3) is 0 Å². The first-order chi connectivity index (χ1) is 70.6. The van der Waals surface area contributed by atoms with Crippen LogP contribution in [0.3, 0.4) is 0 Å². The molecule has 0 radical (unpaired) electrons. The van der Waals surface area contributed by atoms with Crippen LogP contribution in [0.2, 0.25) is 0 Å². The lowest BCUT2D eigenvalue weighted by Crippen LogP contribution is -2.05. The van der Waals surface area contributed by atoms with Gasteiger partial charge in [-0.15, -0.1) is 0 Å². The van der Waals surface area contributed by atoms with Crippen molar-refractivity contribution in [2.24, 2.45) is 0 Å². The monoisotopic (exact) mass is 1880 g/mol. The van der Waals surface area contributed by atoms with E-state index >= 15 is 0 Å². The Balaban J connectivity index is 0.674. The van der Waals surface area contributed by atoms with Crippen molar-refractivity contribution >= 4 is 0 Å². The molecule has 2 aromatic heterocycles. The van der Waals surface area contributed by atoms with Crippen molar-refractivity contribution in [1.29, 1.82) is 0 Å². The highest BCUT2D eigenvalue weighted by Crippen LogP contribution is 2.37. The lowest BCUT2D eigenvalue weighted by molar-refractivity contribution is 0.270. The minimum Gasteiger partial charge on any atom is -0.493 e. The summed E-state index contributed by atoms with van der Waals surface area (Å²) in [5, 5.41) is 0. The molecule has 0 bridgehead atoms. The fraction of sp³-hybridized carbons (Fsp3) is 0.127. The lowest BCUT2D eigenvalue weighted by atomic mass is 10.1. The molecule has 708 valence electrons. The van der Waals surface area contributed by atoms with E-state index in [9.17, 15) is 0 Å². The Morgan fingerprint density at radius 3 is 0.469 bits per heavy atom. The molecule has 143 heavy (non-hydrogen) atoms. The molecule has 16 aromatic carbocycles. The molecule has 0 saturated heterocycles. The van der Waals surface area contributed by atoms with Gasteiger partial charge in [0.2, 0.25) is 0 Å². The summed E-state index contributed by atoms with van der Waals surface area (Å²) in [4.78, 5) is 8.40. The van der Waals surface area contributed by atoms with Gasteiger partial charge in [0.15, 0.2) is 0 Å². The van der Waals surface area contributed by atoms with Crippen LogP contribution >= 0.6 is 0 Å². The zero-order valence-electron chi connectivity index (χ0n) is 78.9. The summed E-state index contributed by atoms with van der Waals surface area (Å²) in [5.41, 5.74) is 16.8. The normalized spacial score (nSPS) is 10.7. The zero-order valence-corrected chi connectivity index (χ0v) is 78.9. The maximum Gasteiger partial charge on any atom is 0.123 e. The molecule has 0 amide bonds. The average molecular weight is 1890 g/mol. The van der Waals surface area contributed by atoms with Gasteiger partial charge < -0.3 is 71.1 Å². The maximum atomic E-state index is 7.06. The van der Waals surface area contributed by atoms with Gasteiger partial charge in [0.05, 0.1) is 6.61 Å². The second-order valence-electron chi connectivity index (χ2n) is 33.9. The standard InChI is InChI=1S/C126H104N2O15/c1-9-25-95(26-10-1)79-130-115-60-106(61-116(73-115)131-80-96-27-11-2-12-28-96)89-140-123-68-110(69-124(77-123)141-90-107-62-117(132-81-97-29-13-3-14-30-97)74-118(63-107)133-82-98-31-15-4-16-32-98)87-138-113-58-105(49-54-129-112-56-103(43-41-93-45-50-127-51-46-93)55-104(57-112)44-42-94-47-52-128-53-48-94)59-114(72-113)139-88-111-70-125(142-91-108-64-119(134-83-99-33-17-5-18-34-99)75-120(65-108)135-84-100-35-19-6-20-36-100)78-126(71-111)143-92-109-66-121(136-85-101-37-21-7-22-38-101)76-122(67-109)137-86-102-39-23-8-24-40-102/h1-40,45-48,50-53,55-78H,49,54,79-92H2. The van der Waals surface area contributed by atoms with Crippen LogP contribution < -0.4 is 71.1 Å². The number of hydrogen-bond acceptors (Lipinski definition) is 17. The van der Waals surface area contributed by atoms with Crippen LogP contribution in [0, 0.1) is 23.7 Å². The van der Waals surface area contributed by atoms with E-state index in [0.29, 0.717) is 146 Å². The van der Waals surface area contributed by atoms with Crippen molar-refractivity contribution < 1.29 is 71.1 Å². The minimum absolute atomic E-state index is 0.0512. The number of pyridine rings is 2. The predicted octanol–water partition coefficient (Wildman–Crippen LogP) is 27.0. The van der Waals surface area contributed by atoms with E-state index < -0.39 is 0 Å². The lowest BCUT2D eigenvalue weighted by Gasteiger charge is -2.17. The molecule has 0 aliphatic carbocycles. The third-order valence-electron chi connectivity index (χ3n) is 22.6. The molecule has 0 aliphatic heterocycles. The number of hydrogen-bond donors (Lipinski definition) is 0. The molecule has 0 atom stereocenters. The van der Waals surface area contributed by atoms with Gasteiger partial charge in [-0.2, -0.15) is 0 Å². The summed E-state index contributed by atoms with van der Waals surface area (Å²) < 4.78 is 100. The molecule has 0 fully saturated rings. The Morgan fingerprint density at radius 2 is 0.287 bits per heavy atom. The molecule has 0 unspecified atom stereocenters. The fourth-order valence-corrected chi connectivity index (χ4v) is 15.4. The molecule has 0 N–H and O–H groups in total. The Hall–Kier alpha value is -18.1. The topological polar surface area (TPSA) is 164 Å². The van der Waals surface area contributed by atoms with E-state index in [1.807, 2.05) is 413 Å². The predicted molar refractivity (Wildman–Crippen MR) is 553 cm³/mol. The van der Waals surface area contributed by atoms with Gasteiger partial charge in [-0.05, 0) is 211 Å². The Morgan fingerprint density at radius 1 is 0.133 bits per heavy atom. The molecule has 18 aromatic rings. The van der Waals surface area contributed by atoms with Crippen LogP contribution in [0.5, 0.6) is 86.2 Å². The van der Waals surface area contributed by atoms with Gasteiger partial charge in [-0.1, -0.05) is 266 Å². The first-order valence-corrected chi connectivity index (χ1v) is 47.4. The maximum absolute atomic E-state index is 7.06. The van der Waals surface area contributed by atoms with Gasteiger partial charge in [0.25, 0.3) is 0 Å². The molecule has 17 nitrogen and oxygen atoms in total. The summed E-state index contributed by atoms with van der Waals surface area (Å²) >= 11 is 0. The highest BCUT2D eigenvalue weighted by molar-refractivity contribution is 5.54. The molecule has 2 heterocycles. The van der Waals surface area contributed by atoms with E-state index in [-0.39, 0.29) is 46.2 Å². The summed E-state index contributed by atoms with van der Waals surface area (Å²) in [6.45, 7) is 3.63. The van der Waals surface area contributed by atoms with Gasteiger partial charge >= 0.3 is 0 Å².